The molecule has 1 saturated heterocycles. The van der Waals surface area contributed by atoms with Crippen LogP contribution in [0.4, 0.5) is 0 Å². The fraction of sp³-hybridized carbons (Fsp3) is 0.500. The molecule has 0 aromatic heterocycles. The van der Waals surface area contributed by atoms with Gasteiger partial charge in [-0.1, -0.05) is 34.1 Å². The molecule has 2 aliphatic rings. The molecule has 1 nitrogen and oxygen atoms in total. The summed E-state index contributed by atoms with van der Waals surface area (Å²) in [4.78, 5) is 0. The van der Waals surface area contributed by atoms with Gasteiger partial charge in [0.15, 0.2) is 0 Å². The zero-order valence-electron chi connectivity index (χ0n) is 8.09. The molecule has 1 aliphatic heterocycles. The van der Waals surface area contributed by atoms with Crippen LogP contribution in [0.15, 0.2) is 28.7 Å². The third kappa shape index (κ3) is 1.41. The van der Waals surface area contributed by atoms with Crippen molar-refractivity contribution in [2.45, 2.75) is 30.7 Å². The van der Waals surface area contributed by atoms with Crippen molar-refractivity contribution >= 4 is 15.9 Å². The van der Waals surface area contributed by atoms with Crippen LogP contribution in [-0.4, -0.2) is 12.1 Å². The highest BCUT2D eigenvalue weighted by atomic mass is 79.9. The minimum atomic E-state index is 0.542. The van der Waals surface area contributed by atoms with Gasteiger partial charge in [-0.2, -0.15) is 0 Å². The minimum Gasteiger partial charge on any atom is -0.311 e. The van der Waals surface area contributed by atoms with Crippen molar-refractivity contribution in [1.82, 2.24) is 5.32 Å². The summed E-state index contributed by atoms with van der Waals surface area (Å²) >= 11 is 3.64. The normalized spacial score (nSPS) is 28.2. The molecule has 1 heterocycles. The van der Waals surface area contributed by atoms with Crippen LogP contribution in [0.1, 0.15) is 30.7 Å². The number of hydrogen-bond donors (Lipinski definition) is 1. The maximum absolute atomic E-state index is 3.66. The number of benzene rings is 1. The smallest absolute Gasteiger partial charge is 0.0210 e. The summed E-state index contributed by atoms with van der Waals surface area (Å²) in [5.41, 5.74) is 2.02. The molecule has 0 amide bonds. The molecule has 1 saturated carbocycles. The average molecular weight is 252 g/mol. The molecule has 2 heteroatoms. The van der Waals surface area contributed by atoms with E-state index in [-0.39, 0.29) is 0 Å². The van der Waals surface area contributed by atoms with Crippen LogP contribution >= 0.6 is 15.9 Å². The van der Waals surface area contributed by atoms with E-state index in [4.69, 9.17) is 0 Å². The number of hydrogen-bond acceptors (Lipinski definition) is 1. The second-order valence-corrected chi connectivity index (χ2v) is 5.44. The van der Waals surface area contributed by atoms with Crippen LogP contribution in [0.3, 0.4) is 0 Å². The maximum Gasteiger partial charge on any atom is 0.0210 e. The van der Waals surface area contributed by atoms with Gasteiger partial charge in [-0.15, -0.1) is 0 Å². The summed E-state index contributed by atoms with van der Waals surface area (Å²) in [5.74, 6) is 0.716. The monoisotopic (exact) mass is 251 g/mol. The number of rotatable bonds is 1. The first-order valence-corrected chi connectivity index (χ1v) is 6.08. The highest BCUT2D eigenvalue weighted by Crippen LogP contribution is 2.48. The van der Waals surface area contributed by atoms with Crippen LogP contribution in [0, 0.1) is 0 Å². The fourth-order valence-electron chi connectivity index (χ4n) is 2.51. The third-order valence-corrected chi connectivity index (χ3v) is 4.28. The molecule has 1 aromatic carbocycles. The molecule has 1 spiro atoms. The van der Waals surface area contributed by atoms with Crippen LogP contribution in [-0.2, 0) is 0 Å². The van der Waals surface area contributed by atoms with Gasteiger partial charge in [-0.3, -0.25) is 0 Å². The molecule has 0 bridgehead atoms. The molecular weight excluding hydrogens is 238 g/mol. The second kappa shape index (κ2) is 3.07. The van der Waals surface area contributed by atoms with Crippen LogP contribution in [0.2, 0.25) is 0 Å². The van der Waals surface area contributed by atoms with Crippen molar-refractivity contribution in [1.29, 1.82) is 0 Å². The number of nitrogens with one attached hydrogen (secondary N) is 1. The van der Waals surface area contributed by atoms with E-state index in [0.29, 0.717) is 11.5 Å². The molecular formula is C12H14BrN. The summed E-state index contributed by atoms with van der Waals surface area (Å²) in [6.45, 7) is 1.16. The molecule has 3 rings (SSSR count). The molecule has 14 heavy (non-hydrogen) atoms. The van der Waals surface area contributed by atoms with Gasteiger partial charge in [0.25, 0.3) is 0 Å². The maximum atomic E-state index is 3.66. The predicted octanol–water partition coefficient (Wildman–Crippen LogP) is 3.06. The largest absolute Gasteiger partial charge is 0.311 e. The lowest BCUT2D eigenvalue weighted by Crippen LogP contribution is -2.22. The Balaban J connectivity index is 1.86. The summed E-state index contributed by atoms with van der Waals surface area (Å²) < 4.78 is 1.27. The lowest BCUT2D eigenvalue weighted by atomic mass is 9.96. The van der Waals surface area contributed by atoms with Gasteiger partial charge in [0.2, 0.25) is 0 Å². The van der Waals surface area contributed by atoms with Crippen LogP contribution in [0.25, 0.3) is 0 Å². The zero-order valence-corrected chi connectivity index (χ0v) is 9.68. The summed E-state index contributed by atoms with van der Waals surface area (Å²) in [6, 6.07) is 8.62. The van der Waals surface area contributed by atoms with Gasteiger partial charge in [-0.25, -0.2) is 0 Å². The Morgan fingerprint density at radius 2 is 2.07 bits per heavy atom. The van der Waals surface area contributed by atoms with Crippen molar-refractivity contribution in [2.75, 3.05) is 6.54 Å². The quantitative estimate of drug-likeness (QED) is 0.810. The lowest BCUT2D eigenvalue weighted by Gasteiger charge is -2.11. The van der Waals surface area contributed by atoms with E-state index in [1.807, 2.05) is 0 Å². The molecule has 0 radical (unpaired) electrons. The van der Waals surface area contributed by atoms with E-state index in [9.17, 15) is 0 Å². The third-order valence-electron chi connectivity index (χ3n) is 3.56. The first-order chi connectivity index (χ1) is 6.79. The van der Waals surface area contributed by atoms with Gasteiger partial charge >= 0.3 is 0 Å². The SMILES string of the molecule is Brc1ccccc1C1CNC2(CC2)C1. The minimum absolute atomic E-state index is 0.542. The van der Waals surface area contributed by atoms with Gasteiger partial charge in [0, 0.05) is 16.6 Å². The predicted molar refractivity (Wildman–Crippen MR) is 61.5 cm³/mol. The van der Waals surface area contributed by atoms with E-state index in [2.05, 4.69) is 45.5 Å². The molecule has 1 aliphatic carbocycles. The van der Waals surface area contributed by atoms with Crippen molar-refractivity contribution in [3.8, 4) is 0 Å². The van der Waals surface area contributed by atoms with Gasteiger partial charge in [0.05, 0.1) is 0 Å². The summed E-state index contributed by atoms with van der Waals surface area (Å²) in [5, 5.41) is 3.66. The van der Waals surface area contributed by atoms with Crippen molar-refractivity contribution in [3.05, 3.63) is 34.3 Å². The highest BCUT2D eigenvalue weighted by molar-refractivity contribution is 9.10. The Morgan fingerprint density at radius 1 is 1.29 bits per heavy atom. The van der Waals surface area contributed by atoms with E-state index in [1.165, 1.54) is 29.3 Å². The summed E-state index contributed by atoms with van der Waals surface area (Å²) in [6.07, 6.45) is 4.09. The van der Waals surface area contributed by atoms with Gasteiger partial charge in [0.1, 0.15) is 0 Å². The Morgan fingerprint density at radius 3 is 2.71 bits per heavy atom. The van der Waals surface area contributed by atoms with Crippen molar-refractivity contribution in [3.63, 3.8) is 0 Å². The van der Waals surface area contributed by atoms with Crippen LogP contribution < -0.4 is 5.32 Å². The zero-order chi connectivity index (χ0) is 9.60. The number of halogens is 1. The molecule has 2 fully saturated rings. The molecule has 1 atom stereocenters. The highest BCUT2D eigenvalue weighted by Gasteiger charge is 2.48. The van der Waals surface area contributed by atoms with E-state index < -0.39 is 0 Å². The Hall–Kier alpha value is -0.340. The van der Waals surface area contributed by atoms with Gasteiger partial charge in [-0.05, 0) is 36.8 Å². The Labute approximate surface area is 93.0 Å². The standard InChI is InChI=1S/C12H14BrN/c13-11-4-2-1-3-10(11)9-7-12(5-6-12)14-8-9/h1-4,9,14H,5-8H2. The summed E-state index contributed by atoms with van der Waals surface area (Å²) in [7, 11) is 0. The topological polar surface area (TPSA) is 12.0 Å². The van der Waals surface area contributed by atoms with Crippen molar-refractivity contribution in [2.24, 2.45) is 0 Å². The van der Waals surface area contributed by atoms with E-state index in [0.717, 1.165) is 6.54 Å². The molecule has 1 N–H and O–H groups in total. The van der Waals surface area contributed by atoms with Crippen molar-refractivity contribution < 1.29 is 0 Å². The first-order valence-electron chi connectivity index (χ1n) is 5.29. The fourth-order valence-corrected chi connectivity index (χ4v) is 3.12. The molecule has 74 valence electrons. The Bertz CT molecular complexity index is 357. The average Bonchev–Trinajstić information content (AvgIpc) is 2.79. The lowest BCUT2D eigenvalue weighted by molar-refractivity contribution is 0.594. The molecule has 1 unspecified atom stereocenters. The van der Waals surface area contributed by atoms with E-state index in [1.54, 1.807) is 0 Å². The second-order valence-electron chi connectivity index (χ2n) is 4.58. The molecule has 1 aromatic rings. The van der Waals surface area contributed by atoms with Crippen LogP contribution in [0.5, 0.6) is 0 Å². The van der Waals surface area contributed by atoms with Gasteiger partial charge < -0.3 is 5.32 Å². The first kappa shape index (κ1) is 8.93. The van der Waals surface area contributed by atoms with E-state index >= 15 is 0 Å². The Kier molecular flexibility index (Phi) is 1.96.